The minimum atomic E-state index is -0.123. The molecule has 0 saturated heterocycles. The van der Waals surface area contributed by atoms with E-state index in [4.69, 9.17) is 4.74 Å². The molecule has 0 saturated carbocycles. The summed E-state index contributed by atoms with van der Waals surface area (Å²) < 4.78 is 5.41. The molecule has 0 amide bonds. The summed E-state index contributed by atoms with van der Waals surface area (Å²) in [7, 11) is 0. The van der Waals surface area contributed by atoms with Crippen LogP contribution in [0.1, 0.15) is 37.7 Å². The Balaban J connectivity index is 2.63. The van der Waals surface area contributed by atoms with Crippen LogP contribution >= 0.6 is 0 Å². The van der Waals surface area contributed by atoms with Gasteiger partial charge in [0.05, 0.1) is 6.61 Å². The van der Waals surface area contributed by atoms with Gasteiger partial charge >= 0.3 is 0 Å². The lowest BCUT2D eigenvalue weighted by Crippen LogP contribution is -2.08. The summed E-state index contributed by atoms with van der Waals surface area (Å²) in [6.45, 7) is 6.26. The van der Waals surface area contributed by atoms with Crippen LogP contribution in [0.5, 0.6) is 5.88 Å². The highest BCUT2D eigenvalue weighted by Gasteiger charge is 2.10. The second-order valence-electron chi connectivity index (χ2n) is 3.80. The van der Waals surface area contributed by atoms with Crippen molar-refractivity contribution in [2.75, 3.05) is 6.61 Å². The highest BCUT2D eigenvalue weighted by atomic mass is 16.5. The van der Waals surface area contributed by atoms with Crippen LogP contribution in [-0.4, -0.2) is 22.4 Å². The van der Waals surface area contributed by atoms with E-state index in [0.29, 0.717) is 24.1 Å². The molecule has 0 aromatic carbocycles. The number of ketones is 1. The molecule has 0 unspecified atom stereocenters. The Kier molecular flexibility index (Phi) is 4.21. The van der Waals surface area contributed by atoms with Crippen LogP contribution in [0.15, 0.2) is 12.4 Å². The molecule has 0 bridgehead atoms. The van der Waals surface area contributed by atoms with Gasteiger partial charge in [-0.2, -0.15) is 0 Å². The normalized spacial score (nSPS) is 10.4. The van der Waals surface area contributed by atoms with Gasteiger partial charge in [0.15, 0.2) is 11.5 Å². The molecule has 0 aliphatic rings. The number of hydrogen-bond donors (Lipinski definition) is 0. The quantitative estimate of drug-likeness (QED) is 0.695. The smallest absolute Gasteiger partial charge is 0.243 e. The van der Waals surface area contributed by atoms with Crippen molar-refractivity contribution in [3.8, 4) is 5.88 Å². The summed E-state index contributed by atoms with van der Waals surface area (Å²) in [5.74, 6) is 0.788. The zero-order valence-electron chi connectivity index (χ0n) is 9.36. The Morgan fingerprint density at radius 2 is 2.07 bits per heavy atom. The highest BCUT2D eigenvalue weighted by Crippen LogP contribution is 2.12. The topological polar surface area (TPSA) is 52.1 Å². The molecule has 4 heteroatoms. The number of Topliss-reactive ketones (excluding diaryl/α,β-unsaturated/α-hetero) is 1. The maximum Gasteiger partial charge on any atom is 0.243 e. The van der Waals surface area contributed by atoms with Crippen LogP contribution < -0.4 is 4.74 Å². The fraction of sp³-hybridized carbons (Fsp3) is 0.545. The van der Waals surface area contributed by atoms with Gasteiger partial charge in [-0.15, -0.1) is 0 Å². The van der Waals surface area contributed by atoms with Crippen molar-refractivity contribution in [1.29, 1.82) is 0 Å². The molecule has 0 atom stereocenters. The largest absolute Gasteiger partial charge is 0.476 e. The number of aromatic nitrogens is 2. The van der Waals surface area contributed by atoms with Crippen molar-refractivity contribution >= 4 is 5.78 Å². The molecule has 4 nitrogen and oxygen atoms in total. The first-order valence-electron chi connectivity index (χ1n) is 5.06. The average Bonchev–Trinajstić information content (AvgIpc) is 2.17. The van der Waals surface area contributed by atoms with Crippen molar-refractivity contribution in [2.24, 2.45) is 5.92 Å². The van der Waals surface area contributed by atoms with Gasteiger partial charge in [-0.3, -0.25) is 4.79 Å². The summed E-state index contributed by atoms with van der Waals surface area (Å²) in [6.07, 6.45) is 3.96. The molecule has 0 fully saturated rings. The lowest BCUT2D eigenvalue weighted by Gasteiger charge is -2.08. The molecule has 0 aliphatic carbocycles. The monoisotopic (exact) mass is 208 g/mol. The van der Waals surface area contributed by atoms with Gasteiger partial charge in [0.25, 0.3) is 0 Å². The number of carbonyl (C=O) groups is 1. The van der Waals surface area contributed by atoms with Crippen LogP contribution in [0.25, 0.3) is 0 Å². The van der Waals surface area contributed by atoms with Gasteiger partial charge in [0.1, 0.15) is 0 Å². The second-order valence-corrected chi connectivity index (χ2v) is 3.80. The van der Waals surface area contributed by atoms with Gasteiger partial charge in [-0.1, -0.05) is 13.8 Å². The SMILES string of the molecule is CC(=O)c1nccnc1OCCC(C)C. The first-order chi connectivity index (χ1) is 7.11. The number of ether oxygens (including phenoxy) is 1. The van der Waals surface area contributed by atoms with E-state index in [1.54, 1.807) is 0 Å². The predicted molar refractivity (Wildman–Crippen MR) is 57.0 cm³/mol. The fourth-order valence-corrected chi connectivity index (χ4v) is 1.06. The van der Waals surface area contributed by atoms with E-state index in [1.165, 1.54) is 19.3 Å². The fourth-order valence-electron chi connectivity index (χ4n) is 1.06. The minimum absolute atomic E-state index is 0.123. The third-order valence-electron chi connectivity index (χ3n) is 1.93. The van der Waals surface area contributed by atoms with Crippen molar-refractivity contribution in [3.63, 3.8) is 0 Å². The van der Waals surface area contributed by atoms with Crippen LogP contribution in [0.3, 0.4) is 0 Å². The maximum absolute atomic E-state index is 11.2. The Bertz CT molecular complexity index is 337. The van der Waals surface area contributed by atoms with E-state index < -0.39 is 0 Å². The molecule has 1 heterocycles. The van der Waals surface area contributed by atoms with E-state index in [1.807, 2.05) is 0 Å². The number of rotatable bonds is 5. The summed E-state index contributed by atoms with van der Waals surface area (Å²) in [4.78, 5) is 19.1. The van der Waals surface area contributed by atoms with Gasteiger partial charge in [0, 0.05) is 19.3 Å². The summed E-state index contributed by atoms with van der Waals surface area (Å²) in [5.41, 5.74) is 0.307. The molecule has 1 rings (SSSR count). The molecule has 1 aromatic rings. The molecule has 0 N–H and O–H groups in total. The lowest BCUT2D eigenvalue weighted by atomic mass is 10.1. The number of hydrogen-bond acceptors (Lipinski definition) is 4. The minimum Gasteiger partial charge on any atom is -0.476 e. The van der Waals surface area contributed by atoms with E-state index in [-0.39, 0.29) is 5.78 Å². The van der Waals surface area contributed by atoms with Gasteiger partial charge in [0.2, 0.25) is 5.88 Å². The molecule has 15 heavy (non-hydrogen) atoms. The zero-order valence-corrected chi connectivity index (χ0v) is 9.36. The Labute approximate surface area is 89.7 Å². The highest BCUT2D eigenvalue weighted by molar-refractivity contribution is 5.94. The second kappa shape index (κ2) is 5.44. The molecule has 1 aromatic heterocycles. The predicted octanol–water partition coefficient (Wildman–Crippen LogP) is 2.10. The Morgan fingerprint density at radius 1 is 1.40 bits per heavy atom. The van der Waals surface area contributed by atoms with Crippen molar-refractivity contribution < 1.29 is 9.53 Å². The average molecular weight is 208 g/mol. The van der Waals surface area contributed by atoms with Crippen molar-refractivity contribution in [1.82, 2.24) is 9.97 Å². The maximum atomic E-state index is 11.2. The van der Waals surface area contributed by atoms with Crippen LogP contribution in [-0.2, 0) is 0 Å². The summed E-state index contributed by atoms with van der Waals surface area (Å²) in [6, 6.07) is 0. The summed E-state index contributed by atoms with van der Waals surface area (Å²) >= 11 is 0. The Hall–Kier alpha value is -1.45. The standard InChI is InChI=1S/C11H16N2O2/c1-8(2)4-7-15-11-10(9(3)14)12-5-6-13-11/h5-6,8H,4,7H2,1-3H3. The number of nitrogens with zero attached hydrogens (tertiary/aromatic N) is 2. The lowest BCUT2D eigenvalue weighted by molar-refractivity contribution is 0.100. The van der Waals surface area contributed by atoms with Gasteiger partial charge < -0.3 is 4.74 Å². The molecule has 82 valence electrons. The molecule has 0 spiro atoms. The van der Waals surface area contributed by atoms with Crippen LogP contribution in [0.2, 0.25) is 0 Å². The van der Waals surface area contributed by atoms with Crippen molar-refractivity contribution in [2.45, 2.75) is 27.2 Å². The van der Waals surface area contributed by atoms with E-state index in [9.17, 15) is 4.79 Å². The molecule has 0 radical (unpaired) electrons. The third-order valence-corrected chi connectivity index (χ3v) is 1.93. The summed E-state index contributed by atoms with van der Waals surface area (Å²) in [5, 5.41) is 0. The van der Waals surface area contributed by atoms with Crippen molar-refractivity contribution in [3.05, 3.63) is 18.1 Å². The van der Waals surface area contributed by atoms with E-state index in [2.05, 4.69) is 23.8 Å². The van der Waals surface area contributed by atoms with Gasteiger partial charge in [-0.05, 0) is 12.3 Å². The molecule has 0 aliphatic heterocycles. The third kappa shape index (κ3) is 3.65. The molecular weight excluding hydrogens is 192 g/mol. The van der Waals surface area contributed by atoms with E-state index >= 15 is 0 Å². The Morgan fingerprint density at radius 3 is 2.67 bits per heavy atom. The van der Waals surface area contributed by atoms with Crippen LogP contribution in [0.4, 0.5) is 0 Å². The first kappa shape index (κ1) is 11.6. The molecular formula is C11H16N2O2. The zero-order chi connectivity index (χ0) is 11.3. The van der Waals surface area contributed by atoms with Gasteiger partial charge in [-0.25, -0.2) is 9.97 Å². The number of carbonyl (C=O) groups excluding carboxylic acids is 1. The van der Waals surface area contributed by atoms with E-state index in [0.717, 1.165) is 6.42 Å². The van der Waals surface area contributed by atoms with Crippen LogP contribution in [0, 0.1) is 5.92 Å². The first-order valence-corrected chi connectivity index (χ1v) is 5.06.